The molecule has 92 valence electrons. The Labute approximate surface area is 101 Å². The quantitative estimate of drug-likeness (QED) is 0.824. The first kappa shape index (κ1) is 12.2. The van der Waals surface area contributed by atoms with Gasteiger partial charge in [0.15, 0.2) is 0 Å². The summed E-state index contributed by atoms with van der Waals surface area (Å²) in [5.41, 5.74) is 0. The largest absolute Gasteiger partial charge is 0.275 e. The molecule has 4 nitrogen and oxygen atoms in total. The van der Waals surface area contributed by atoms with Gasteiger partial charge in [0.05, 0.1) is 0 Å². The Bertz CT molecular complexity index is 372. The van der Waals surface area contributed by atoms with Crippen molar-refractivity contribution in [3.8, 4) is 0 Å². The molecule has 1 saturated carbocycles. The first-order chi connectivity index (χ1) is 7.62. The van der Waals surface area contributed by atoms with Crippen molar-refractivity contribution in [3.05, 3.63) is 0 Å². The van der Waals surface area contributed by atoms with Crippen LogP contribution in [0.3, 0.4) is 0 Å². The summed E-state index contributed by atoms with van der Waals surface area (Å²) < 4.78 is 25.8. The number of nitrogens with zero attached hydrogens (tertiary/aromatic N) is 1. The van der Waals surface area contributed by atoms with Crippen LogP contribution in [0, 0.1) is 0 Å². The van der Waals surface area contributed by atoms with Gasteiger partial charge in [-0.15, -0.1) is 11.8 Å². The lowest BCUT2D eigenvalue weighted by Crippen LogP contribution is -2.25. The molecule has 0 amide bonds. The highest BCUT2D eigenvalue weighted by Gasteiger charge is 2.37. The molecule has 16 heavy (non-hydrogen) atoms. The topological polar surface area (TPSA) is 58.5 Å². The minimum atomic E-state index is -3.17. The summed E-state index contributed by atoms with van der Waals surface area (Å²) in [5, 5.41) is 0.520. The molecule has 1 saturated heterocycles. The highest BCUT2D eigenvalue weighted by atomic mass is 32.3. The van der Waals surface area contributed by atoms with E-state index in [9.17, 15) is 8.42 Å². The van der Waals surface area contributed by atoms with Crippen molar-refractivity contribution in [2.45, 2.75) is 48.4 Å². The van der Waals surface area contributed by atoms with E-state index in [2.05, 4.69) is 9.71 Å². The van der Waals surface area contributed by atoms with Crippen LogP contribution in [0.4, 0.5) is 0 Å². The highest BCUT2D eigenvalue weighted by Crippen LogP contribution is 2.35. The van der Waals surface area contributed by atoms with E-state index in [0.29, 0.717) is 17.5 Å². The number of aliphatic imine (C=N–C) groups is 1. The Morgan fingerprint density at radius 3 is 2.56 bits per heavy atom. The van der Waals surface area contributed by atoms with Gasteiger partial charge in [0.1, 0.15) is 10.4 Å². The summed E-state index contributed by atoms with van der Waals surface area (Å²) in [5.74, 6) is 0.605. The third-order valence-corrected chi connectivity index (χ3v) is 6.93. The van der Waals surface area contributed by atoms with Crippen molar-refractivity contribution in [3.63, 3.8) is 0 Å². The fraction of sp³-hybridized carbons (Fsp3) is 0.900. The number of thioether (sulfide) groups is 1. The zero-order chi connectivity index (χ0) is 11.6. The van der Waals surface area contributed by atoms with Crippen LogP contribution >= 0.6 is 11.8 Å². The van der Waals surface area contributed by atoms with Crippen LogP contribution in [0.2, 0.25) is 0 Å². The van der Waals surface area contributed by atoms with Crippen LogP contribution in [0.15, 0.2) is 4.99 Å². The zero-order valence-electron chi connectivity index (χ0n) is 9.48. The Kier molecular flexibility index (Phi) is 3.79. The molecule has 0 aromatic rings. The van der Waals surface area contributed by atoms with Crippen molar-refractivity contribution >= 4 is 27.6 Å². The lowest BCUT2D eigenvalue weighted by molar-refractivity contribution is 0.515. The number of amidine groups is 1. The molecule has 2 aliphatic rings. The van der Waals surface area contributed by atoms with Crippen molar-refractivity contribution < 1.29 is 8.42 Å². The van der Waals surface area contributed by atoms with Crippen molar-refractivity contribution in [1.82, 2.24) is 4.72 Å². The normalized spacial score (nSPS) is 32.8. The second-order valence-corrected chi connectivity index (χ2v) is 8.02. The van der Waals surface area contributed by atoms with Gasteiger partial charge in [-0.25, -0.2) is 8.42 Å². The molecule has 0 aromatic carbocycles. The molecule has 6 heteroatoms. The van der Waals surface area contributed by atoms with Crippen LogP contribution < -0.4 is 4.72 Å². The first-order valence-electron chi connectivity index (χ1n) is 5.74. The molecular formula is C10H18N2O2S2. The van der Waals surface area contributed by atoms with E-state index in [-0.39, 0.29) is 4.58 Å². The predicted molar refractivity (Wildman–Crippen MR) is 68.3 cm³/mol. The van der Waals surface area contributed by atoms with Crippen molar-refractivity contribution in [1.29, 1.82) is 0 Å². The minimum absolute atomic E-state index is 0.325. The van der Waals surface area contributed by atoms with Gasteiger partial charge in [-0.05, 0) is 12.8 Å². The van der Waals surface area contributed by atoms with Gasteiger partial charge in [0, 0.05) is 18.7 Å². The van der Waals surface area contributed by atoms with Gasteiger partial charge in [0.25, 0.3) is 0 Å². The van der Waals surface area contributed by atoms with Crippen LogP contribution in [-0.4, -0.2) is 31.1 Å². The van der Waals surface area contributed by atoms with Gasteiger partial charge in [-0.3, -0.25) is 9.71 Å². The molecule has 2 fully saturated rings. The second kappa shape index (κ2) is 4.96. The molecule has 0 spiro atoms. The third-order valence-electron chi connectivity index (χ3n) is 3.13. The predicted octanol–water partition coefficient (Wildman–Crippen LogP) is 1.73. The number of nitrogens with one attached hydrogen (secondary N) is 1. The molecule has 2 rings (SSSR count). The molecule has 1 aliphatic carbocycles. The number of hydrogen-bond donors (Lipinski definition) is 1. The summed E-state index contributed by atoms with van der Waals surface area (Å²) in [6.07, 6.45) is 6.65. The van der Waals surface area contributed by atoms with E-state index >= 15 is 0 Å². The maximum absolute atomic E-state index is 11.8. The molecule has 0 radical (unpaired) electrons. The maximum atomic E-state index is 11.8. The van der Waals surface area contributed by atoms with Gasteiger partial charge >= 0.3 is 0 Å². The molecule has 1 unspecified atom stereocenters. The van der Waals surface area contributed by atoms with Crippen molar-refractivity contribution in [2.75, 3.05) is 7.05 Å². The lowest BCUT2D eigenvalue weighted by Gasteiger charge is -2.22. The van der Waals surface area contributed by atoms with Crippen LogP contribution in [0.5, 0.6) is 0 Å². The smallest absolute Gasteiger partial charge is 0.246 e. The summed E-state index contributed by atoms with van der Waals surface area (Å²) in [6, 6.07) is 0. The van der Waals surface area contributed by atoms with E-state index < -0.39 is 10.0 Å². The monoisotopic (exact) mass is 262 g/mol. The summed E-state index contributed by atoms with van der Waals surface area (Å²) in [7, 11) is -1.54. The SMILES string of the molecule is CN=C1CC(SC2CCCCC2)S(=O)(=O)N1. The maximum Gasteiger partial charge on any atom is 0.246 e. The van der Waals surface area contributed by atoms with Crippen LogP contribution in [0.25, 0.3) is 0 Å². The molecule has 1 N–H and O–H groups in total. The molecular weight excluding hydrogens is 244 g/mol. The molecule has 1 heterocycles. The van der Waals surface area contributed by atoms with E-state index in [4.69, 9.17) is 0 Å². The van der Waals surface area contributed by atoms with Gasteiger partial charge in [0.2, 0.25) is 10.0 Å². The van der Waals surface area contributed by atoms with Gasteiger partial charge in [-0.1, -0.05) is 19.3 Å². The standard InChI is InChI=1S/C10H18N2O2S2/c1-11-9-7-10(16(13,14)12-9)15-8-5-3-2-4-6-8/h8,10H,2-7H2,1H3,(H,11,12). The minimum Gasteiger partial charge on any atom is -0.275 e. The lowest BCUT2D eigenvalue weighted by atomic mass is 10.0. The van der Waals surface area contributed by atoms with E-state index in [1.165, 1.54) is 19.3 Å². The summed E-state index contributed by atoms with van der Waals surface area (Å²) in [4.78, 5) is 3.94. The van der Waals surface area contributed by atoms with Crippen LogP contribution in [-0.2, 0) is 10.0 Å². The van der Waals surface area contributed by atoms with Crippen molar-refractivity contribution in [2.24, 2.45) is 4.99 Å². The zero-order valence-corrected chi connectivity index (χ0v) is 11.1. The molecule has 0 bridgehead atoms. The van der Waals surface area contributed by atoms with Gasteiger partial charge < -0.3 is 0 Å². The van der Waals surface area contributed by atoms with E-state index in [1.807, 2.05) is 0 Å². The van der Waals surface area contributed by atoms with E-state index in [1.54, 1.807) is 18.8 Å². The Hall–Kier alpha value is -0.230. The third kappa shape index (κ3) is 2.71. The fourth-order valence-electron chi connectivity index (χ4n) is 2.21. The highest BCUT2D eigenvalue weighted by molar-refractivity contribution is 8.13. The Morgan fingerprint density at radius 2 is 2.00 bits per heavy atom. The fourth-order valence-corrected chi connectivity index (χ4v) is 5.71. The van der Waals surface area contributed by atoms with Crippen LogP contribution in [0.1, 0.15) is 38.5 Å². The molecule has 0 aromatic heterocycles. The number of rotatable bonds is 2. The average Bonchev–Trinajstić information content (AvgIpc) is 2.55. The summed E-state index contributed by atoms with van der Waals surface area (Å²) >= 11 is 1.62. The van der Waals surface area contributed by atoms with E-state index in [0.717, 1.165) is 12.8 Å². The van der Waals surface area contributed by atoms with Gasteiger partial charge in [-0.2, -0.15) is 0 Å². The molecule has 1 atom stereocenters. The second-order valence-electron chi connectivity index (χ2n) is 4.35. The summed E-state index contributed by atoms with van der Waals surface area (Å²) in [6.45, 7) is 0. The number of sulfonamides is 1. The molecule has 1 aliphatic heterocycles. The average molecular weight is 262 g/mol. The Morgan fingerprint density at radius 1 is 1.31 bits per heavy atom. The number of hydrogen-bond acceptors (Lipinski definition) is 4. The Balaban J connectivity index is 1.99. The first-order valence-corrected chi connectivity index (χ1v) is 8.23.